The van der Waals surface area contributed by atoms with Gasteiger partial charge in [-0.1, -0.05) is 85.0 Å². The number of nitrogens with one attached hydrogen (secondary N) is 1. The standard InChI is InChI=1S/C35H56N2O3/c1-6-10-12-14-16-19-29(20-17-15-13-11-7-2)36-30-25-23-28(24-26-30)35(39)32-27-31(37(5)33(32)8-3)21-18-22-34(38)40-9-4/h23-27,29,36H,6-22H2,1-5H3. The third kappa shape index (κ3) is 11.5. The lowest BCUT2D eigenvalue weighted by Crippen LogP contribution is -2.19. The number of rotatable bonds is 22. The topological polar surface area (TPSA) is 60.3 Å². The normalized spacial score (nSPS) is 11.2. The van der Waals surface area contributed by atoms with Gasteiger partial charge in [0, 0.05) is 47.7 Å². The van der Waals surface area contributed by atoms with Crippen LogP contribution in [0.15, 0.2) is 30.3 Å². The predicted molar refractivity (Wildman–Crippen MR) is 168 cm³/mol. The number of unbranched alkanes of at least 4 members (excludes halogenated alkanes) is 8. The summed E-state index contributed by atoms with van der Waals surface area (Å²) in [5, 5.41) is 3.79. The van der Waals surface area contributed by atoms with Crippen molar-refractivity contribution in [3.63, 3.8) is 0 Å². The summed E-state index contributed by atoms with van der Waals surface area (Å²) in [6.45, 7) is 8.86. The molecule has 5 heteroatoms. The van der Waals surface area contributed by atoms with Crippen molar-refractivity contribution in [3.05, 3.63) is 52.8 Å². The maximum absolute atomic E-state index is 13.5. The second-order valence-corrected chi connectivity index (χ2v) is 11.2. The van der Waals surface area contributed by atoms with Gasteiger partial charge in [-0.15, -0.1) is 0 Å². The Bertz CT molecular complexity index is 979. The molecule has 5 nitrogen and oxygen atoms in total. The molecule has 2 aromatic rings. The summed E-state index contributed by atoms with van der Waals surface area (Å²) in [6.07, 6.45) is 18.2. The first-order valence-electron chi connectivity index (χ1n) is 16.2. The zero-order chi connectivity index (χ0) is 29.2. The van der Waals surface area contributed by atoms with Crippen LogP contribution in [0.5, 0.6) is 0 Å². The second-order valence-electron chi connectivity index (χ2n) is 11.2. The number of benzene rings is 1. The van der Waals surface area contributed by atoms with Gasteiger partial charge in [0.2, 0.25) is 0 Å². The van der Waals surface area contributed by atoms with Crippen LogP contribution < -0.4 is 5.32 Å². The summed E-state index contributed by atoms with van der Waals surface area (Å²) in [6, 6.07) is 10.6. The van der Waals surface area contributed by atoms with E-state index in [4.69, 9.17) is 4.74 Å². The van der Waals surface area contributed by atoms with Crippen LogP contribution >= 0.6 is 0 Å². The number of anilines is 1. The maximum Gasteiger partial charge on any atom is 0.305 e. The number of ketones is 1. The zero-order valence-electron chi connectivity index (χ0n) is 26.2. The van der Waals surface area contributed by atoms with Crippen LogP contribution in [0.4, 0.5) is 5.69 Å². The van der Waals surface area contributed by atoms with Gasteiger partial charge in [-0.05, 0) is 69.4 Å². The molecule has 0 fully saturated rings. The summed E-state index contributed by atoms with van der Waals surface area (Å²) in [4.78, 5) is 25.3. The minimum absolute atomic E-state index is 0.0686. The highest BCUT2D eigenvalue weighted by Crippen LogP contribution is 2.23. The molecule has 0 aliphatic rings. The first-order chi connectivity index (χ1) is 19.4. The molecule has 40 heavy (non-hydrogen) atoms. The highest BCUT2D eigenvalue weighted by atomic mass is 16.5. The van der Waals surface area contributed by atoms with Gasteiger partial charge in [-0.25, -0.2) is 0 Å². The quantitative estimate of drug-likeness (QED) is 0.0898. The van der Waals surface area contributed by atoms with Gasteiger partial charge < -0.3 is 14.6 Å². The SMILES string of the molecule is CCCCCCCC(CCCCCCC)Nc1ccc(C(=O)c2cc(CCCC(=O)OCC)n(C)c2CC)cc1. The number of hydrogen-bond acceptors (Lipinski definition) is 4. The number of aryl methyl sites for hydroxylation is 1. The van der Waals surface area contributed by atoms with E-state index in [1.54, 1.807) is 0 Å². The van der Waals surface area contributed by atoms with Crippen molar-refractivity contribution in [2.75, 3.05) is 11.9 Å². The zero-order valence-corrected chi connectivity index (χ0v) is 26.2. The molecule has 1 heterocycles. The maximum atomic E-state index is 13.5. The molecule has 224 valence electrons. The smallest absolute Gasteiger partial charge is 0.305 e. The molecule has 0 spiro atoms. The molecule has 0 aliphatic heterocycles. The first kappa shape index (κ1) is 33.6. The lowest BCUT2D eigenvalue weighted by atomic mass is 9.99. The van der Waals surface area contributed by atoms with E-state index >= 15 is 0 Å². The summed E-state index contributed by atoms with van der Waals surface area (Å²) < 4.78 is 7.18. The molecule has 0 bridgehead atoms. The first-order valence-corrected chi connectivity index (χ1v) is 16.2. The van der Waals surface area contributed by atoms with Gasteiger partial charge in [-0.2, -0.15) is 0 Å². The molecule has 0 unspecified atom stereocenters. The average molecular weight is 553 g/mol. The highest BCUT2D eigenvalue weighted by molar-refractivity contribution is 6.10. The Morgan fingerprint density at radius 2 is 1.43 bits per heavy atom. The molecule has 0 aliphatic carbocycles. The van der Waals surface area contributed by atoms with E-state index in [9.17, 15) is 9.59 Å². The van der Waals surface area contributed by atoms with Crippen LogP contribution in [0.1, 0.15) is 145 Å². The predicted octanol–water partition coefficient (Wildman–Crippen LogP) is 9.21. The lowest BCUT2D eigenvalue weighted by Gasteiger charge is -2.20. The summed E-state index contributed by atoms with van der Waals surface area (Å²) >= 11 is 0. The van der Waals surface area contributed by atoms with Crippen LogP contribution in [-0.2, 0) is 29.4 Å². The molecule has 2 rings (SSSR count). The van der Waals surface area contributed by atoms with Gasteiger partial charge in [0.15, 0.2) is 5.78 Å². The number of carbonyl (C=O) groups excluding carboxylic acids is 2. The molecule has 0 atom stereocenters. The summed E-state index contributed by atoms with van der Waals surface area (Å²) in [5.41, 5.74) is 4.73. The number of ether oxygens (including phenoxy) is 1. The van der Waals surface area contributed by atoms with E-state index in [1.807, 2.05) is 32.2 Å². The van der Waals surface area contributed by atoms with Crippen molar-refractivity contribution < 1.29 is 14.3 Å². The number of carbonyl (C=O) groups is 2. The average Bonchev–Trinajstić information content (AvgIpc) is 3.27. The Hall–Kier alpha value is -2.56. The van der Waals surface area contributed by atoms with Crippen molar-refractivity contribution >= 4 is 17.4 Å². The van der Waals surface area contributed by atoms with E-state index in [0.29, 0.717) is 25.5 Å². The third-order valence-electron chi connectivity index (χ3n) is 7.99. The molecule has 1 N–H and O–H groups in total. The molecule has 1 aromatic heterocycles. The fourth-order valence-corrected chi connectivity index (χ4v) is 5.60. The molecular weight excluding hydrogens is 496 g/mol. The third-order valence-corrected chi connectivity index (χ3v) is 7.99. The van der Waals surface area contributed by atoms with E-state index in [-0.39, 0.29) is 11.8 Å². The Morgan fingerprint density at radius 3 is 1.98 bits per heavy atom. The van der Waals surface area contributed by atoms with Gasteiger partial charge in [0.1, 0.15) is 0 Å². The Morgan fingerprint density at radius 1 is 0.825 bits per heavy atom. The van der Waals surface area contributed by atoms with Crippen LogP contribution in [-0.4, -0.2) is 29.0 Å². The fourth-order valence-electron chi connectivity index (χ4n) is 5.60. The number of esters is 1. The van der Waals surface area contributed by atoms with E-state index in [2.05, 4.69) is 42.8 Å². The van der Waals surface area contributed by atoms with Crippen molar-refractivity contribution in [3.8, 4) is 0 Å². The van der Waals surface area contributed by atoms with Crippen molar-refractivity contribution in [2.24, 2.45) is 7.05 Å². The Balaban J connectivity index is 2.03. The van der Waals surface area contributed by atoms with Gasteiger partial charge in [0.25, 0.3) is 0 Å². The van der Waals surface area contributed by atoms with Crippen molar-refractivity contribution in [1.82, 2.24) is 4.57 Å². The van der Waals surface area contributed by atoms with E-state index in [0.717, 1.165) is 41.0 Å². The van der Waals surface area contributed by atoms with Crippen LogP contribution in [0.2, 0.25) is 0 Å². The van der Waals surface area contributed by atoms with Crippen molar-refractivity contribution in [1.29, 1.82) is 0 Å². The lowest BCUT2D eigenvalue weighted by molar-refractivity contribution is -0.143. The van der Waals surface area contributed by atoms with E-state index in [1.165, 1.54) is 77.0 Å². The van der Waals surface area contributed by atoms with E-state index < -0.39 is 0 Å². The molecule has 0 amide bonds. The highest BCUT2D eigenvalue weighted by Gasteiger charge is 2.19. The Labute approximate surface area is 244 Å². The number of nitrogens with zero attached hydrogens (tertiary/aromatic N) is 1. The fraction of sp³-hybridized carbons (Fsp3) is 0.657. The minimum Gasteiger partial charge on any atom is -0.466 e. The number of hydrogen-bond donors (Lipinski definition) is 1. The molecule has 0 radical (unpaired) electrons. The Kier molecular flexibility index (Phi) is 16.4. The van der Waals surface area contributed by atoms with Crippen molar-refractivity contribution in [2.45, 2.75) is 136 Å². The molecule has 1 aromatic carbocycles. The largest absolute Gasteiger partial charge is 0.466 e. The summed E-state index contributed by atoms with van der Waals surface area (Å²) in [5.74, 6) is -0.0910. The number of aromatic nitrogens is 1. The van der Waals surface area contributed by atoms with Gasteiger partial charge >= 0.3 is 5.97 Å². The summed E-state index contributed by atoms with van der Waals surface area (Å²) in [7, 11) is 2.02. The van der Waals surface area contributed by atoms with Crippen LogP contribution in [0.3, 0.4) is 0 Å². The van der Waals surface area contributed by atoms with Crippen LogP contribution in [0, 0.1) is 0 Å². The van der Waals surface area contributed by atoms with Gasteiger partial charge in [0.05, 0.1) is 6.61 Å². The van der Waals surface area contributed by atoms with Gasteiger partial charge in [-0.3, -0.25) is 9.59 Å². The molecular formula is C35H56N2O3. The monoisotopic (exact) mass is 552 g/mol. The molecule has 0 saturated heterocycles. The van der Waals surface area contributed by atoms with Crippen LogP contribution in [0.25, 0.3) is 0 Å². The minimum atomic E-state index is -0.160. The second kappa shape index (κ2) is 19.5. The molecule has 0 saturated carbocycles.